The largest absolute Gasteiger partial charge is 0.466 e. The number of rotatable bonds is 5. The minimum absolute atomic E-state index is 0.0564. The van der Waals surface area contributed by atoms with Gasteiger partial charge in [0, 0.05) is 24.7 Å². The number of carbonyl (C=O) groups excluding carboxylic acids is 1. The van der Waals surface area contributed by atoms with E-state index in [1.54, 1.807) is 34.9 Å². The van der Waals surface area contributed by atoms with Gasteiger partial charge in [-0.3, -0.25) is 14.2 Å². The Balaban J connectivity index is 1.56. The summed E-state index contributed by atoms with van der Waals surface area (Å²) < 4.78 is 7.99. The van der Waals surface area contributed by atoms with E-state index in [4.69, 9.17) is 16.3 Å². The number of para-hydroxylation sites is 1. The molecule has 0 radical (unpaired) electrons. The van der Waals surface area contributed by atoms with Crippen molar-refractivity contribution in [2.45, 2.75) is 19.9 Å². The van der Waals surface area contributed by atoms with E-state index in [9.17, 15) is 14.4 Å². The number of hydrogen-bond acceptors (Lipinski definition) is 5. The van der Waals surface area contributed by atoms with Crippen molar-refractivity contribution in [2.75, 3.05) is 24.6 Å². The summed E-state index contributed by atoms with van der Waals surface area (Å²) in [5.74, 6) is 0.0438. The van der Waals surface area contributed by atoms with E-state index in [-0.39, 0.29) is 29.1 Å². The minimum atomic E-state index is -0.373. The molecule has 8 heteroatoms. The second-order valence-corrected chi connectivity index (χ2v) is 8.46. The molecule has 2 heterocycles. The van der Waals surface area contributed by atoms with Crippen LogP contribution >= 0.6 is 11.6 Å². The molecule has 0 spiro atoms. The minimum Gasteiger partial charge on any atom is -0.466 e. The van der Waals surface area contributed by atoms with Crippen LogP contribution in [0.25, 0.3) is 16.6 Å². The second-order valence-electron chi connectivity index (χ2n) is 8.03. The third-order valence-electron chi connectivity index (χ3n) is 6.11. The normalized spacial score (nSPS) is 19.5. The molecule has 2 aliphatic rings. The van der Waals surface area contributed by atoms with Gasteiger partial charge in [0.05, 0.1) is 34.8 Å². The molecule has 2 unspecified atom stereocenters. The van der Waals surface area contributed by atoms with Gasteiger partial charge in [-0.25, -0.2) is 9.36 Å². The molecule has 0 amide bonds. The number of benzene rings is 2. The average Bonchev–Trinajstić information content (AvgIpc) is 3.52. The summed E-state index contributed by atoms with van der Waals surface area (Å²) in [6.45, 7) is 4.00. The molecule has 1 aliphatic carbocycles. The van der Waals surface area contributed by atoms with Crippen LogP contribution in [-0.2, 0) is 16.1 Å². The van der Waals surface area contributed by atoms with Crippen LogP contribution in [0.3, 0.4) is 0 Å². The maximum absolute atomic E-state index is 13.3. The number of anilines is 1. The molecule has 7 nitrogen and oxygen atoms in total. The summed E-state index contributed by atoms with van der Waals surface area (Å²) in [4.78, 5) is 40.7. The standard InChI is InChI=1S/C23H22ClN3O4/c1-2-31-22(29)18-11-14(18)13-25-9-10-26-20-17(7-4-8-19(20)25)21(28)27(23(26)30)16-6-3-5-15(24)12-16/h3-8,12,14,18H,2,9-11,13H2,1H3. The van der Waals surface area contributed by atoms with Crippen LogP contribution in [0.2, 0.25) is 5.02 Å². The highest BCUT2D eigenvalue weighted by Crippen LogP contribution is 2.41. The van der Waals surface area contributed by atoms with Gasteiger partial charge in [-0.15, -0.1) is 0 Å². The summed E-state index contributed by atoms with van der Waals surface area (Å²) in [5, 5.41) is 0.947. The van der Waals surface area contributed by atoms with Gasteiger partial charge in [-0.1, -0.05) is 23.7 Å². The molecule has 1 aliphatic heterocycles. The number of carbonyl (C=O) groups is 1. The van der Waals surface area contributed by atoms with Crippen LogP contribution in [0, 0.1) is 11.8 Å². The molecule has 1 aromatic heterocycles. The molecule has 0 N–H and O–H groups in total. The van der Waals surface area contributed by atoms with Gasteiger partial charge in [0.1, 0.15) is 0 Å². The lowest BCUT2D eigenvalue weighted by atomic mass is 10.1. The van der Waals surface area contributed by atoms with Gasteiger partial charge in [-0.05, 0) is 49.6 Å². The Bertz CT molecular complexity index is 1310. The SMILES string of the molecule is CCOC(=O)C1CC1CN1CCn2c(=O)n(-c3cccc(Cl)c3)c(=O)c3cccc1c32. The molecule has 3 aromatic rings. The third kappa shape index (κ3) is 3.33. The van der Waals surface area contributed by atoms with Crippen molar-refractivity contribution >= 4 is 34.2 Å². The van der Waals surface area contributed by atoms with Crippen molar-refractivity contribution in [1.82, 2.24) is 9.13 Å². The first-order valence-electron chi connectivity index (χ1n) is 10.5. The number of aromatic nitrogens is 2. The fraction of sp³-hybridized carbons (Fsp3) is 0.348. The number of hydrogen-bond donors (Lipinski definition) is 0. The first kappa shape index (κ1) is 19.9. The monoisotopic (exact) mass is 439 g/mol. The fourth-order valence-corrected chi connectivity index (χ4v) is 4.70. The molecule has 31 heavy (non-hydrogen) atoms. The van der Waals surface area contributed by atoms with E-state index in [1.807, 2.05) is 19.1 Å². The number of halogens is 1. The third-order valence-corrected chi connectivity index (χ3v) is 6.34. The van der Waals surface area contributed by atoms with Gasteiger partial charge >= 0.3 is 11.7 Å². The highest BCUT2D eigenvalue weighted by Gasteiger charge is 2.45. The molecule has 2 atom stereocenters. The zero-order valence-corrected chi connectivity index (χ0v) is 17.8. The summed E-state index contributed by atoms with van der Waals surface area (Å²) in [6, 6.07) is 12.3. The van der Waals surface area contributed by atoms with Gasteiger partial charge < -0.3 is 9.64 Å². The number of ether oxygens (including phenoxy) is 1. The van der Waals surface area contributed by atoms with Gasteiger partial charge in [0.15, 0.2) is 0 Å². The van der Waals surface area contributed by atoms with E-state index in [2.05, 4.69) is 4.90 Å². The van der Waals surface area contributed by atoms with Gasteiger partial charge in [-0.2, -0.15) is 0 Å². The van der Waals surface area contributed by atoms with Crippen molar-refractivity contribution in [3.05, 3.63) is 68.3 Å². The van der Waals surface area contributed by atoms with Crippen molar-refractivity contribution in [1.29, 1.82) is 0 Å². The Morgan fingerprint density at radius 3 is 2.74 bits per heavy atom. The van der Waals surface area contributed by atoms with Crippen LogP contribution in [0.15, 0.2) is 52.1 Å². The zero-order chi connectivity index (χ0) is 21.7. The molecule has 0 saturated heterocycles. The van der Waals surface area contributed by atoms with E-state index >= 15 is 0 Å². The highest BCUT2D eigenvalue weighted by atomic mass is 35.5. The van der Waals surface area contributed by atoms with Gasteiger partial charge in [0.25, 0.3) is 5.56 Å². The van der Waals surface area contributed by atoms with Gasteiger partial charge in [0.2, 0.25) is 0 Å². The van der Waals surface area contributed by atoms with Crippen LogP contribution in [0.4, 0.5) is 5.69 Å². The van der Waals surface area contributed by atoms with E-state index < -0.39 is 0 Å². The Labute approximate surface area is 183 Å². The van der Waals surface area contributed by atoms with Crippen molar-refractivity contribution in [2.24, 2.45) is 11.8 Å². The number of nitrogens with zero attached hydrogens (tertiary/aromatic N) is 3. The van der Waals surface area contributed by atoms with E-state index in [0.717, 1.165) is 12.1 Å². The smallest absolute Gasteiger partial charge is 0.336 e. The molecule has 1 saturated carbocycles. The summed E-state index contributed by atoms with van der Waals surface area (Å²) in [6.07, 6.45) is 0.814. The van der Waals surface area contributed by atoms with Crippen LogP contribution in [0.1, 0.15) is 13.3 Å². The predicted octanol–water partition coefficient (Wildman–Crippen LogP) is 2.83. The Kier molecular flexibility index (Phi) is 4.85. The molecule has 1 fully saturated rings. The fourth-order valence-electron chi connectivity index (χ4n) is 4.52. The molecular weight excluding hydrogens is 418 g/mol. The highest BCUT2D eigenvalue weighted by molar-refractivity contribution is 6.30. The van der Waals surface area contributed by atoms with Crippen LogP contribution in [-0.4, -0.2) is 34.8 Å². The zero-order valence-electron chi connectivity index (χ0n) is 17.1. The lowest BCUT2D eigenvalue weighted by Gasteiger charge is -2.32. The average molecular weight is 440 g/mol. The molecular formula is C23H22ClN3O4. The Morgan fingerprint density at radius 1 is 1.16 bits per heavy atom. The van der Waals surface area contributed by atoms with Crippen molar-refractivity contribution < 1.29 is 9.53 Å². The topological polar surface area (TPSA) is 73.5 Å². The lowest BCUT2D eigenvalue weighted by Crippen LogP contribution is -2.44. The van der Waals surface area contributed by atoms with Crippen LogP contribution in [0.5, 0.6) is 0 Å². The summed E-state index contributed by atoms with van der Waals surface area (Å²) in [5.41, 5.74) is 1.22. The first-order valence-corrected chi connectivity index (χ1v) is 10.8. The predicted molar refractivity (Wildman–Crippen MR) is 119 cm³/mol. The number of esters is 1. The van der Waals surface area contributed by atoms with Crippen molar-refractivity contribution in [3.63, 3.8) is 0 Å². The Hall–Kier alpha value is -3.06. The van der Waals surface area contributed by atoms with Crippen LogP contribution < -0.4 is 16.1 Å². The Morgan fingerprint density at radius 2 is 1.97 bits per heavy atom. The molecule has 2 aromatic carbocycles. The molecule has 160 valence electrons. The van der Waals surface area contributed by atoms with Crippen molar-refractivity contribution in [3.8, 4) is 5.69 Å². The summed E-state index contributed by atoms with van der Waals surface area (Å²) >= 11 is 6.09. The molecule has 0 bridgehead atoms. The molecule has 5 rings (SSSR count). The summed E-state index contributed by atoms with van der Waals surface area (Å²) in [7, 11) is 0. The second kappa shape index (κ2) is 7.57. The quantitative estimate of drug-likeness (QED) is 0.571. The van der Waals surface area contributed by atoms with E-state index in [1.165, 1.54) is 4.57 Å². The maximum atomic E-state index is 13.3. The lowest BCUT2D eigenvalue weighted by molar-refractivity contribution is -0.145. The van der Waals surface area contributed by atoms with E-state index in [0.29, 0.717) is 47.9 Å². The maximum Gasteiger partial charge on any atom is 0.336 e. The first-order chi connectivity index (χ1) is 15.0.